The molecule has 0 atom stereocenters. The fourth-order valence-electron chi connectivity index (χ4n) is 2.61. The molecule has 2 aromatic rings. The number of rotatable bonds is 4. The minimum atomic E-state index is -3.95. The van der Waals surface area contributed by atoms with Gasteiger partial charge in [0, 0.05) is 30.2 Å². The molecule has 8 heteroatoms. The summed E-state index contributed by atoms with van der Waals surface area (Å²) in [4.78, 5) is 12.3. The first-order valence-electron chi connectivity index (χ1n) is 7.26. The Bertz CT molecular complexity index is 925. The quantitative estimate of drug-likeness (QED) is 0.678. The van der Waals surface area contributed by atoms with Crippen LogP contribution in [-0.4, -0.2) is 19.1 Å². The van der Waals surface area contributed by atoms with Crippen LogP contribution >= 0.6 is 0 Å². The zero-order valence-electron chi connectivity index (χ0n) is 12.9. The molecular weight excluding hydrogens is 330 g/mol. The average Bonchev–Trinajstić information content (AvgIpc) is 2.96. The summed E-state index contributed by atoms with van der Waals surface area (Å²) in [5, 5.41) is 14.9. The topological polar surface area (TPSA) is 102 Å². The second kappa shape index (κ2) is 6.04. The first-order chi connectivity index (χ1) is 11.4. The van der Waals surface area contributed by atoms with E-state index in [2.05, 4.69) is 9.93 Å². The molecule has 0 fully saturated rings. The lowest BCUT2D eigenvalue weighted by molar-refractivity contribution is -0.385. The maximum atomic E-state index is 12.3. The Morgan fingerprint density at radius 3 is 2.33 bits per heavy atom. The van der Waals surface area contributed by atoms with Crippen molar-refractivity contribution in [1.82, 2.24) is 4.83 Å². The molecule has 0 bridgehead atoms. The number of hydrazone groups is 1. The number of nitro groups is 1. The summed E-state index contributed by atoms with van der Waals surface area (Å²) in [6.45, 7) is 1.55. The molecule has 1 aliphatic carbocycles. The lowest BCUT2D eigenvalue weighted by Gasteiger charge is -2.05. The molecule has 0 aromatic heterocycles. The lowest BCUT2D eigenvalue weighted by Crippen LogP contribution is -2.20. The number of benzene rings is 2. The SMILES string of the molecule is Cc1ccc(S(=O)(=O)NN=C2Cc3ccccc3C2)cc1[N+](=O)[O-]. The molecule has 124 valence electrons. The van der Waals surface area contributed by atoms with Crippen LogP contribution in [0.5, 0.6) is 0 Å². The van der Waals surface area contributed by atoms with Crippen molar-refractivity contribution < 1.29 is 13.3 Å². The molecule has 0 heterocycles. The van der Waals surface area contributed by atoms with Gasteiger partial charge in [-0.1, -0.05) is 30.3 Å². The van der Waals surface area contributed by atoms with E-state index in [0.29, 0.717) is 24.1 Å². The van der Waals surface area contributed by atoms with Crippen molar-refractivity contribution >= 4 is 21.4 Å². The van der Waals surface area contributed by atoms with E-state index in [1.165, 1.54) is 12.1 Å². The number of aryl methyl sites for hydroxylation is 1. The van der Waals surface area contributed by atoms with Crippen molar-refractivity contribution in [2.45, 2.75) is 24.7 Å². The van der Waals surface area contributed by atoms with Gasteiger partial charge in [0.1, 0.15) is 0 Å². The van der Waals surface area contributed by atoms with Gasteiger partial charge in [-0.3, -0.25) is 10.1 Å². The van der Waals surface area contributed by atoms with Crippen LogP contribution in [0.3, 0.4) is 0 Å². The Balaban J connectivity index is 1.82. The number of nitrogens with one attached hydrogen (secondary N) is 1. The highest BCUT2D eigenvalue weighted by Gasteiger charge is 2.21. The van der Waals surface area contributed by atoms with Crippen molar-refractivity contribution in [1.29, 1.82) is 0 Å². The van der Waals surface area contributed by atoms with Crippen molar-refractivity contribution in [2.75, 3.05) is 0 Å². The zero-order chi connectivity index (χ0) is 17.3. The Morgan fingerprint density at radius 1 is 1.12 bits per heavy atom. The number of hydrogen-bond donors (Lipinski definition) is 1. The largest absolute Gasteiger partial charge is 0.276 e. The molecule has 0 amide bonds. The molecule has 1 N–H and O–H groups in total. The van der Waals surface area contributed by atoms with Crippen molar-refractivity contribution in [3.63, 3.8) is 0 Å². The number of nitro benzene ring substituents is 1. The Kier molecular flexibility index (Phi) is 4.06. The molecule has 2 aromatic carbocycles. The second-order valence-corrected chi connectivity index (χ2v) is 7.26. The summed E-state index contributed by atoms with van der Waals surface area (Å²) >= 11 is 0. The van der Waals surface area contributed by atoms with E-state index in [1.807, 2.05) is 24.3 Å². The minimum Gasteiger partial charge on any atom is -0.258 e. The highest BCUT2D eigenvalue weighted by atomic mass is 32.2. The summed E-state index contributed by atoms with van der Waals surface area (Å²) in [7, 11) is -3.95. The molecule has 0 radical (unpaired) electrons. The molecule has 24 heavy (non-hydrogen) atoms. The van der Waals surface area contributed by atoms with E-state index in [0.717, 1.165) is 17.2 Å². The normalized spacial score (nSPS) is 13.5. The van der Waals surface area contributed by atoms with Gasteiger partial charge in [-0.05, 0) is 24.1 Å². The molecule has 1 aliphatic rings. The molecule has 0 spiro atoms. The summed E-state index contributed by atoms with van der Waals surface area (Å²) in [6, 6.07) is 11.6. The molecule has 0 saturated carbocycles. The lowest BCUT2D eigenvalue weighted by atomic mass is 10.1. The number of fused-ring (bicyclic) bond motifs is 1. The Labute approximate surface area is 139 Å². The van der Waals surface area contributed by atoms with Crippen LogP contribution in [0.25, 0.3) is 0 Å². The molecule has 7 nitrogen and oxygen atoms in total. The second-order valence-electron chi connectivity index (χ2n) is 5.60. The van der Waals surface area contributed by atoms with Crippen LogP contribution in [0.2, 0.25) is 0 Å². The third-order valence-corrected chi connectivity index (χ3v) is 5.13. The molecule has 3 rings (SSSR count). The van der Waals surface area contributed by atoms with E-state index in [4.69, 9.17) is 0 Å². The van der Waals surface area contributed by atoms with Gasteiger partial charge in [0.2, 0.25) is 0 Å². The van der Waals surface area contributed by atoms with Gasteiger partial charge in [0.15, 0.2) is 0 Å². The van der Waals surface area contributed by atoms with Crippen LogP contribution in [0.4, 0.5) is 5.69 Å². The van der Waals surface area contributed by atoms with E-state index in [9.17, 15) is 18.5 Å². The minimum absolute atomic E-state index is 0.181. The zero-order valence-corrected chi connectivity index (χ0v) is 13.7. The number of hydrogen-bond acceptors (Lipinski definition) is 5. The van der Waals surface area contributed by atoms with Crippen molar-refractivity contribution in [3.8, 4) is 0 Å². The third kappa shape index (κ3) is 3.13. The summed E-state index contributed by atoms with van der Waals surface area (Å²) in [6.07, 6.45) is 1.18. The van der Waals surface area contributed by atoms with Crippen molar-refractivity contribution in [2.24, 2.45) is 5.10 Å². The maximum Gasteiger partial charge on any atom is 0.276 e. The van der Waals surface area contributed by atoms with Gasteiger partial charge in [0.05, 0.1) is 9.82 Å². The first-order valence-corrected chi connectivity index (χ1v) is 8.74. The summed E-state index contributed by atoms with van der Waals surface area (Å²) in [5.74, 6) is 0. The molecule has 0 unspecified atom stereocenters. The van der Waals surface area contributed by atoms with E-state index >= 15 is 0 Å². The van der Waals surface area contributed by atoms with Crippen LogP contribution in [0.15, 0.2) is 52.5 Å². The van der Waals surface area contributed by atoms with Crippen LogP contribution in [-0.2, 0) is 22.9 Å². The fraction of sp³-hybridized carbons (Fsp3) is 0.188. The maximum absolute atomic E-state index is 12.3. The van der Waals surface area contributed by atoms with Gasteiger partial charge in [0.25, 0.3) is 15.7 Å². The van der Waals surface area contributed by atoms with E-state index < -0.39 is 14.9 Å². The van der Waals surface area contributed by atoms with Gasteiger partial charge in [-0.25, -0.2) is 4.83 Å². The average molecular weight is 345 g/mol. The van der Waals surface area contributed by atoms with Gasteiger partial charge in [-0.15, -0.1) is 0 Å². The molecular formula is C16H15N3O4S. The monoisotopic (exact) mass is 345 g/mol. The van der Waals surface area contributed by atoms with Gasteiger partial charge < -0.3 is 0 Å². The molecule has 0 aliphatic heterocycles. The van der Waals surface area contributed by atoms with E-state index in [-0.39, 0.29) is 10.6 Å². The highest BCUT2D eigenvalue weighted by molar-refractivity contribution is 7.89. The summed E-state index contributed by atoms with van der Waals surface area (Å²) in [5.41, 5.74) is 3.12. The van der Waals surface area contributed by atoms with Crippen LogP contribution in [0.1, 0.15) is 16.7 Å². The Morgan fingerprint density at radius 2 is 1.75 bits per heavy atom. The predicted molar refractivity (Wildman–Crippen MR) is 89.4 cm³/mol. The predicted octanol–water partition coefficient (Wildman–Crippen LogP) is 2.34. The first kappa shape index (κ1) is 16.1. The number of sulfonamides is 1. The van der Waals surface area contributed by atoms with Gasteiger partial charge in [-0.2, -0.15) is 13.5 Å². The highest BCUT2D eigenvalue weighted by Crippen LogP contribution is 2.23. The number of nitrogens with zero attached hydrogens (tertiary/aromatic N) is 2. The van der Waals surface area contributed by atoms with Crippen LogP contribution < -0.4 is 4.83 Å². The van der Waals surface area contributed by atoms with E-state index in [1.54, 1.807) is 6.92 Å². The smallest absolute Gasteiger partial charge is 0.258 e. The van der Waals surface area contributed by atoms with Crippen LogP contribution in [0, 0.1) is 17.0 Å². The Hall–Kier alpha value is -2.74. The van der Waals surface area contributed by atoms with Crippen molar-refractivity contribution in [3.05, 3.63) is 69.3 Å². The summed E-state index contributed by atoms with van der Waals surface area (Å²) < 4.78 is 24.6. The fourth-order valence-corrected chi connectivity index (χ4v) is 3.48. The third-order valence-electron chi connectivity index (χ3n) is 3.92. The molecule has 0 saturated heterocycles. The standard InChI is InChI=1S/C16H15N3O4S/c1-11-6-7-15(10-16(11)19(20)21)24(22,23)18-17-14-8-12-4-2-3-5-13(12)9-14/h2-7,10,18H,8-9H2,1H3. The van der Waals surface area contributed by atoms with Gasteiger partial charge >= 0.3 is 0 Å².